The molecule has 3 aromatic rings. The Hall–Kier alpha value is -3.18. The highest BCUT2D eigenvalue weighted by Crippen LogP contribution is 2.52. The first-order valence-corrected chi connectivity index (χ1v) is 16.3. The van der Waals surface area contributed by atoms with E-state index in [2.05, 4.69) is 4.98 Å². The Morgan fingerprint density at radius 2 is 1.66 bits per heavy atom. The van der Waals surface area contributed by atoms with Crippen molar-refractivity contribution >= 4 is 16.6 Å². The van der Waals surface area contributed by atoms with Gasteiger partial charge in [-0.25, -0.2) is 9.78 Å². The standard InChI is InChI=1S/C31H38N4O5S/c36-28-19-26(24-9-3-1-4-10-24)32-23-34(28)22-31(38)15-16-33(21-30(31)13-7-8-14-30)29(37)35-17-18-41(39,40)20-27(35)25-11-5-2-6-12-25/h1-6,9-12,19,23,27,38-40H,7-8,13-18,20-22H2. The number of aliphatic hydroxyl groups is 1. The van der Waals surface area contributed by atoms with Gasteiger partial charge < -0.3 is 14.9 Å². The van der Waals surface area contributed by atoms with Crippen LogP contribution in [-0.4, -0.2) is 76.3 Å². The van der Waals surface area contributed by atoms with Crippen molar-refractivity contribution < 1.29 is 19.0 Å². The zero-order valence-electron chi connectivity index (χ0n) is 23.1. The van der Waals surface area contributed by atoms with Gasteiger partial charge >= 0.3 is 6.03 Å². The highest BCUT2D eigenvalue weighted by Gasteiger charge is 2.56. The van der Waals surface area contributed by atoms with Crippen LogP contribution < -0.4 is 5.56 Å². The average Bonchev–Trinajstić information content (AvgIpc) is 3.46. The van der Waals surface area contributed by atoms with Crippen LogP contribution in [0.2, 0.25) is 0 Å². The van der Waals surface area contributed by atoms with Crippen LogP contribution in [0.15, 0.2) is 77.9 Å². The summed E-state index contributed by atoms with van der Waals surface area (Å²) >= 11 is 0. The van der Waals surface area contributed by atoms with Crippen LogP contribution in [0.25, 0.3) is 11.3 Å². The Kier molecular flexibility index (Phi) is 7.44. The summed E-state index contributed by atoms with van der Waals surface area (Å²) in [6.07, 6.45) is 5.35. The minimum atomic E-state index is -2.77. The zero-order valence-corrected chi connectivity index (χ0v) is 24.0. The van der Waals surface area contributed by atoms with Gasteiger partial charge in [-0.05, 0) is 24.8 Å². The second kappa shape index (κ2) is 10.9. The minimum Gasteiger partial charge on any atom is -0.387 e. The van der Waals surface area contributed by atoms with Crippen LogP contribution in [0.3, 0.4) is 0 Å². The number of carbonyl (C=O) groups is 1. The van der Waals surface area contributed by atoms with Crippen LogP contribution in [0.1, 0.15) is 43.7 Å². The summed E-state index contributed by atoms with van der Waals surface area (Å²) < 4.78 is 22.5. The molecule has 3 aliphatic rings. The monoisotopic (exact) mass is 578 g/mol. The van der Waals surface area contributed by atoms with Gasteiger partial charge in [-0.3, -0.25) is 18.5 Å². The zero-order chi connectivity index (χ0) is 28.7. The fourth-order valence-electron chi connectivity index (χ4n) is 7.04. The lowest BCUT2D eigenvalue weighted by molar-refractivity contribution is -0.136. The van der Waals surface area contributed by atoms with Gasteiger partial charge in [-0.2, -0.15) is 10.6 Å². The lowest BCUT2D eigenvalue weighted by Crippen LogP contribution is -2.64. The number of nitrogens with zero attached hydrogens (tertiary/aromatic N) is 4. The van der Waals surface area contributed by atoms with E-state index in [4.69, 9.17) is 0 Å². The topological polar surface area (TPSA) is 119 Å². The predicted molar refractivity (Wildman–Crippen MR) is 160 cm³/mol. The maximum absolute atomic E-state index is 14.0. The third-order valence-corrected chi connectivity index (χ3v) is 11.1. The molecule has 2 aromatic carbocycles. The number of rotatable bonds is 4. The Morgan fingerprint density at radius 3 is 2.34 bits per heavy atom. The quantitative estimate of drug-likeness (QED) is 0.408. The molecule has 10 heteroatoms. The molecule has 3 heterocycles. The maximum atomic E-state index is 14.0. The van der Waals surface area contributed by atoms with E-state index in [9.17, 15) is 23.8 Å². The molecule has 2 unspecified atom stereocenters. The number of aromatic nitrogens is 2. The van der Waals surface area contributed by atoms with E-state index < -0.39 is 27.6 Å². The minimum absolute atomic E-state index is 0.126. The number of piperidine rings is 1. The molecule has 0 bridgehead atoms. The Bertz CT molecular complexity index is 1440. The van der Waals surface area contributed by atoms with Gasteiger partial charge in [0.2, 0.25) is 0 Å². The first-order chi connectivity index (χ1) is 19.7. The molecule has 1 spiro atoms. The number of amides is 2. The van der Waals surface area contributed by atoms with Crippen molar-refractivity contribution in [1.82, 2.24) is 19.4 Å². The Morgan fingerprint density at radius 1 is 0.976 bits per heavy atom. The molecular weight excluding hydrogens is 540 g/mol. The molecule has 2 saturated heterocycles. The van der Waals surface area contributed by atoms with Crippen molar-refractivity contribution in [2.24, 2.45) is 5.41 Å². The first kappa shape index (κ1) is 28.0. The second-order valence-corrected chi connectivity index (χ2v) is 14.2. The third kappa shape index (κ3) is 5.41. The fraction of sp³-hybridized carbons (Fsp3) is 0.452. The van der Waals surface area contributed by atoms with Crippen LogP contribution in [0.4, 0.5) is 4.79 Å². The molecule has 0 radical (unpaired) electrons. The predicted octanol–water partition coefficient (Wildman–Crippen LogP) is 4.84. The number of urea groups is 1. The van der Waals surface area contributed by atoms with E-state index in [0.717, 1.165) is 36.8 Å². The molecular formula is C31H38N4O5S. The fourth-order valence-corrected chi connectivity index (χ4v) is 8.58. The first-order valence-electron chi connectivity index (χ1n) is 14.4. The molecule has 3 N–H and O–H groups in total. The van der Waals surface area contributed by atoms with E-state index in [1.54, 1.807) is 4.90 Å². The molecule has 1 aliphatic carbocycles. The van der Waals surface area contributed by atoms with Crippen molar-refractivity contribution in [3.05, 3.63) is 89.0 Å². The van der Waals surface area contributed by atoms with Crippen molar-refractivity contribution in [2.45, 2.75) is 50.3 Å². The molecule has 6 rings (SSSR count). The van der Waals surface area contributed by atoms with E-state index >= 15 is 0 Å². The lowest BCUT2D eigenvalue weighted by atomic mass is 9.66. The molecule has 1 aromatic heterocycles. The van der Waals surface area contributed by atoms with E-state index in [1.165, 1.54) is 17.0 Å². The second-order valence-electron chi connectivity index (χ2n) is 11.9. The molecule has 2 atom stereocenters. The number of hydrogen-bond donors (Lipinski definition) is 3. The van der Waals surface area contributed by atoms with E-state index in [-0.39, 0.29) is 36.2 Å². The van der Waals surface area contributed by atoms with E-state index in [0.29, 0.717) is 25.2 Å². The number of benzene rings is 2. The van der Waals surface area contributed by atoms with E-state index in [1.807, 2.05) is 65.6 Å². The largest absolute Gasteiger partial charge is 0.387 e. The normalized spacial score (nSPS) is 26.2. The molecule has 2 amide bonds. The van der Waals surface area contributed by atoms with Gasteiger partial charge in [-0.1, -0.05) is 73.5 Å². The van der Waals surface area contributed by atoms with Gasteiger partial charge in [0.15, 0.2) is 0 Å². The van der Waals surface area contributed by atoms with Gasteiger partial charge in [0.25, 0.3) is 5.56 Å². The molecule has 41 heavy (non-hydrogen) atoms. The summed E-state index contributed by atoms with van der Waals surface area (Å²) in [7, 11) is -2.77. The van der Waals surface area contributed by atoms with Crippen molar-refractivity contribution in [1.29, 1.82) is 0 Å². The molecule has 1 saturated carbocycles. The summed E-state index contributed by atoms with van der Waals surface area (Å²) in [5.74, 6) is 0.292. The number of likely N-dealkylation sites (tertiary alicyclic amines) is 1. The van der Waals surface area contributed by atoms with Gasteiger partial charge in [-0.15, -0.1) is 0 Å². The van der Waals surface area contributed by atoms with Gasteiger partial charge in [0, 0.05) is 36.7 Å². The number of carbonyl (C=O) groups excluding carboxylic acids is 1. The lowest BCUT2D eigenvalue weighted by Gasteiger charge is -2.54. The molecule has 2 aliphatic heterocycles. The summed E-state index contributed by atoms with van der Waals surface area (Å²) in [4.78, 5) is 35.3. The maximum Gasteiger partial charge on any atom is 0.320 e. The van der Waals surface area contributed by atoms with Crippen LogP contribution in [0, 0.1) is 5.41 Å². The molecule has 9 nitrogen and oxygen atoms in total. The summed E-state index contributed by atoms with van der Waals surface area (Å²) in [5.41, 5.74) is 0.450. The van der Waals surface area contributed by atoms with Crippen molar-refractivity contribution in [3.8, 4) is 11.3 Å². The third-order valence-electron chi connectivity index (χ3n) is 9.38. The SMILES string of the molecule is O=C(N1CCC(O)(Cn2cnc(-c3ccccc3)cc2=O)C2(CCCC2)C1)N1CCS(O)(O)CC1c1ccccc1. The summed E-state index contributed by atoms with van der Waals surface area (Å²) in [5, 5.41) is 12.2. The average molecular weight is 579 g/mol. The van der Waals surface area contributed by atoms with Gasteiger partial charge in [0.1, 0.15) is 0 Å². The van der Waals surface area contributed by atoms with Crippen molar-refractivity contribution in [3.63, 3.8) is 0 Å². The smallest absolute Gasteiger partial charge is 0.320 e. The summed E-state index contributed by atoms with van der Waals surface area (Å²) in [6, 6.07) is 20.1. The highest BCUT2D eigenvalue weighted by atomic mass is 32.3. The Labute approximate surface area is 241 Å². The van der Waals surface area contributed by atoms with Crippen LogP contribution in [-0.2, 0) is 6.54 Å². The van der Waals surface area contributed by atoms with Crippen molar-refractivity contribution in [2.75, 3.05) is 31.1 Å². The number of hydrogen-bond acceptors (Lipinski definition) is 6. The molecule has 3 fully saturated rings. The van der Waals surface area contributed by atoms with Crippen LogP contribution in [0.5, 0.6) is 0 Å². The van der Waals surface area contributed by atoms with Crippen LogP contribution >= 0.6 is 10.6 Å². The van der Waals surface area contributed by atoms with Gasteiger partial charge in [0.05, 0.1) is 41.7 Å². The summed E-state index contributed by atoms with van der Waals surface area (Å²) in [6.45, 7) is 1.16. The highest BCUT2D eigenvalue weighted by molar-refractivity contribution is 8.24. The Balaban J connectivity index is 1.23. The molecule has 218 valence electrons.